The molecule has 0 saturated heterocycles. The smallest absolute Gasteiger partial charge is 0.162 e. The number of aromatic nitrogens is 2. The Labute approximate surface area is 148 Å². The molecule has 0 amide bonds. The van der Waals surface area contributed by atoms with Crippen LogP contribution in [0.3, 0.4) is 0 Å². The fourth-order valence-corrected chi connectivity index (χ4v) is 3.66. The Hall–Kier alpha value is -0.690. The van der Waals surface area contributed by atoms with Crippen molar-refractivity contribution in [2.45, 2.75) is 33.6 Å². The molecule has 0 bridgehead atoms. The average Bonchev–Trinajstić information content (AvgIpc) is 2.41. The lowest BCUT2D eigenvalue weighted by atomic mass is 10.1. The first-order valence-electron chi connectivity index (χ1n) is 7.01. The van der Waals surface area contributed by atoms with Crippen LogP contribution in [0.4, 0.5) is 5.82 Å². The number of halogens is 2. The molecule has 2 aromatic rings. The van der Waals surface area contributed by atoms with Gasteiger partial charge in [-0.05, 0) is 66.1 Å². The third-order valence-electron chi connectivity index (χ3n) is 3.20. The van der Waals surface area contributed by atoms with Crippen molar-refractivity contribution in [1.82, 2.24) is 9.97 Å². The lowest BCUT2D eigenvalue weighted by molar-refractivity contribution is 0.808. The van der Waals surface area contributed by atoms with Gasteiger partial charge in [0.2, 0.25) is 0 Å². The van der Waals surface area contributed by atoms with Gasteiger partial charge in [-0.1, -0.05) is 29.8 Å². The molecule has 1 aromatic heterocycles. The molecule has 0 spiro atoms. The number of aryl methyl sites for hydroxylation is 1. The third kappa shape index (κ3) is 3.74. The average molecular weight is 460 g/mol. The monoisotopic (exact) mass is 459 g/mol. The molecule has 0 atom stereocenters. The van der Waals surface area contributed by atoms with Crippen molar-refractivity contribution in [1.29, 1.82) is 0 Å². The quantitative estimate of drug-likeness (QED) is 0.624. The summed E-state index contributed by atoms with van der Waals surface area (Å²) in [5.41, 5.74) is 3.34. The zero-order valence-electron chi connectivity index (χ0n) is 12.7. The lowest BCUT2D eigenvalue weighted by Gasteiger charge is -2.15. The molecule has 0 radical (unpaired) electrons. The van der Waals surface area contributed by atoms with Crippen molar-refractivity contribution >= 4 is 44.3 Å². The Morgan fingerprint density at radius 2 is 2.00 bits per heavy atom. The molecule has 2 rings (SSSR count). The Balaban J connectivity index is 2.62. The van der Waals surface area contributed by atoms with E-state index in [1.54, 1.807) is 0 Å². The summed E-state index contributed by atoms with van der Waals surface area (Å²) in [6, 6.07) is 6.20. The van der Waals surface area contributed by atoms with Gasteiger partial charge in [-0.2, -0.15) is 0 Å². The van der Waals surface area contributed by atoms with Crippen LogP contribution in [0.25, 0.3) is 11.4 Å². The van der Waals surface area contributed by atoms with Gasteiger partial charge in [0.05, 0.1) is 9.26 Å². The summed E-state index contributed by atoms with van der Waals surface area (Å²) >= 11 is 5.84. The molecular formula is C16H19BrIN3. The van der Waals surface area contributed by atoms with E-state index in [0.29, 0.717) is 5.92 Å². The van der Waals surface area contributed by atoms with E-state index in [1.807, 2.05) is 6.07 Å². The van der Waals surface area contributed by atoms with E-state index in [9.17, 15) is 0 Å². The maximum atomic E-state index is 4.80. The van der Waals surface area contributed by atoms with Crippen LogP contribution in [0, 0.1) is 10.5 Å². The van der Waals surface area contributed by atoms with Gasteiger partial charge in [-0.3, -0.25) is 0 Å². The number of benzene rings is 1. The van der Waals surface area contributed by atoms with Crippen LogP contribution in [-0.2, 0) is 0 Å². The van der Waals surface area contributed by atoms with E-state index in [4.69, 9.17) is 9.97 Å². The molecule has 112 valence electrons. The van der Waals surface area contributed by atoms with Crippen LogP contribution < -0.4 is 5.32 Å². The fourth-order valence-electron chi connectivity index (χ4n) is 2.13. The van der Waals surface area contributed by atoms with Crippen molar-refractivity contribution < 1.29 is 0 Å². The van der Waals surface area contributed by atoms with Crippen LogP contribution in [0.5, 0.6) is 0 Å². The summed E-state index contributed by atoms with van der Waals surface area (Å²) in [7, 11) is 0. The van der Waals surface area contributed by atoms with Crippen LogP contribution in [0.1, 0.15) is 37.9 Å². The molecule has 1 aromatic carbocycles. The SMILES string of the molecule is CCNc1nc(-c2ccc(Br)cc2C)nc(C(C)C)c1I. The molecule has 3 nitrogen and oxygen atoms in total. The van der Waals surface area contributed by atoms with Crippen molar-refractivity contribution in [3.8, 4) is 11.4 Å². The minimum absolute atomic E-state index is 0.367. The molecule has 0 saturated carbocycles. The number of nitrogens with zero attached hydrogens (tertiary/aromatic N) is 2. The first kappa shape index (κ1) is 16.7. The molecular weight excluding hydrogens is 441 g/mol. The summed E-state index contributed by atoms with van der Waals surface area (Å²) in [6.45, 7) is 9.35. The van der Waals surface area contributed by atoms with Crippen LogP contribution in [0.2, 0.25) is 0 Å². The van der Waals surface area contributed by atoms with Gasteiger partial charge < -0.3 is 5.32 Å². The minimum atomic E-state index is 0.367. The molecule has 0 fully saturated rings. The van der Waals surface area contributed by atoms with Crippen molar-refractivity contribution in [3.63, 3.8) is 0 Å². The Morgan fingerprint density at radius 3 is 2.57 bits per heavy atom. The summed E-state index contributed by atoms with van der Waals surface area (Å²) in [6.07, 6.45) is 0. The van der Waals surface area contributed by atoms with Crippen LogP contribution >= 0.6 is 38.5 Å². The number of hydrogen-bond acceptors (Lipinski definition) is 3. The molecule has 0 unspecified atom stereocenters. The van der Waals surface area contributed by atoms with Gasteiger partial charge in [0.25, 0.3) is 0 Å². The van der Waals surface area contributed by atoms with Gasteiger partial charge in [0, 0.05) is 16.6 Å². The highest BCUT2D eigenvalue weighted by Crippen LogP contribution is 2.30. The third-order valence-corrected chi connectivity index (χ3v) is 4.75. The van der Waals surface area contributed by atoms with Crippen molar-refractivity contribution in [2.75, 3.05) is 11.9 Å². The van der Waals surface area contributed by atoms with Crippen LogP contribution in [-0.4, -0.2) is 16.5 Å². The molecule has 0 aliphatic rings. The summed E-state index contributed by atoms with van der Waals surface area (Å²) in [5, 5.41) is 3.34. The van der Waals surface area contributed by atoms with E-state index in [2.05, 4.69) is 83.7 Å². The van der Waals surface area contributed by atoms with Gasteiger partial charge in [0.1, 0.15) is 5.82 Å². The first-order chi connectivity index (χ1) is 9.93. The Morgan fingerprint density at radius 1 is 1.29 bits per heavy atom. The lowest BCUT2D eigenvalue weighted by Crippen LogP contribution is -2.09. The zero-order valence-corrected chi connectivity index (χ0v) is 16.4. The van der Waals surface area contributed by atoms with E-state index in [-0.39, 0.29) is 0 Å². The summed E-state index contributed by atoms with van der Waals surface area (Å²) < 4.78 is 2.19. The number of nitrogens with one attached hydrogen (secondary N) is 1. The highest BCUT2D eigenvalue weighted by Gasteiger charge is 2.16. The second kappa shape index (κ2) is 7.05. The Bertz CT molecular complexity index is 656. The minimum Gasteiger partial charge on any atom is -0.369 e. The zero-order chi connectivity index (χ0) is 15.6. The summed E-state index contributed by atoms with van der Waals surface area (Å²) in [4.78, 5) is 9.52. The topological polar surface area (TPSA) is 37.8 Å². The fraction of sp³-hybridized carbons (Fsp3) is 0.375. The predicted octanol–water partition coefficient (Wildman–Crippen LogP) is 5.37. The highest BCUT2D eigenvalue weighted by molar-refractivity contribution is 14.1. The van der Waals surface area contributed by atoms with E-state index < -0.39 is 0 Å². The van der Waals surface area contributed by atoms with E-state index in [0.717, 1.165) is 37.5 Å². The maximum Gasteiger partial charge on any atom is 0.162 e. The standard InChI is InChI=1S/C16H19BrIN3/c1-5-19-16-13(18)14(9(2)3)20-15(21-16)12-7-6-11(17)8-10(12)4/h6-9H,5H2,1-4H3,(H,19,20,21). The number of hydrogen-bond donors (Lipinski definition) is 1. The number of anilines is 1. The molecule has 0 aliphatic heterocycles. The second-order valence-corrected chi connectivity index (χ2v) is 7.23. The van der Waals surface area contributed by atoms with Crippen LogP contribution in [0.15, 0.2) is 22.7 Å². The van der Waals surface area contributed by atoms with E-state index >= 15 is 0 Å². The molecule has 5 heteroatoms. The Kier molecular flexibility index (Phi) is 5.60. The van der Waals surface area contributed by atoms with Crippen molar-refractivity contribution in [3.05, 3.63) is 37.5 Å². The first-order valence-corrected chi connectivity index (χ1v) is 8.89. The summed E-state index contributed by atoms with van der Waals surface area (Å²) in [5.74, 6) is 2.08. The maximum absolute atomic E-state index is 4.80. The second-order valence-electron chi connectivity index (χ2n) is 5.24. The van der Waals surface area contributed by atoms with Gasteiger partial charge >= 0.3 is 0 Å². The molecule has 0 aliphatic carbocycles. The molecule has 21 heavy (non-hydrogen) atoms. The van der Waals surface area contributed by atoms with Gasteiger partial charge in [-0.25, -0.2) is 9.97 Å². The predicted molar refractivity (Wildman–Crippen MR) is 101 cm³/mol. The van der Waals surface area contributed by atoms with Gasteiger partial charge in [-0.15, -0.1) is 0 Å². The van der Waals surface area contributed by atoms with E-state index in [1.165, 1.54) is 5.56 Å². The van der Waals surface area contributed by atoms with Crippen molar-refractivity contribution in [2.24, 2.45) is 0 Å². The van der Waals surface area contributed by atoms with Gasteiger partial charge in [0.15, 0.2) is 5.82 Å². The molecule has 1 N–H and O–H groups in total. The normalized spacial score (nSPS) is 11.0. The largest absolute Gasteiger partial charge is 0.369 e. The highest BCUT2D eigenvalue weighted by atomic mass is 127. The number of rotatable bonds is 4. The molecule has 1 heterocycles.